The Morgan fingerprint density at radius 3 is 2.58 bits per heavy atom. The van der Waals surface area contributed by atoms with Crippen LogP contribution >= 0.6 is 11.6 Å². The van der Waals surface area contributed by atoms with Gasteiger partial charge in [-0.3, -0.25) is 9.48 Å². The van der Waals surface area contributed by atoms with Crippen LogP contribution in [0.5, 0.6) is 0 Å². The van der Waals surface area contributed by atoms with Crippen LogP contribution in [0.2, 0.25) is 5.02 Å². The van der Waals surface area contributed by atoms with Crippen LogP contribution in [0.4, 0.5) is 11.4 Å². The van der Waals surface area contributed by atoms with Gasteiger partial charge in [-0.05, 0) is 44.9 Å². The maximum Gasteiger partial charge on any atom is 0.228 e. The molecule has 6 heteroatoms. The van der Waals surface area contributed by atoms with Crippen LogP contribution in [-0.4, -0.2) is 28.8 Å². The van der Waals surface area contributed by atoms with Crippen molar-refractivity contribution in [3.63, 3.8) is 0 Å². The lowest BCUT2D eigenvalue weighted by molar-refractivity contribution is -0.115. The second-order valence-electron chi connectivity index (χ2n) is 6.36. The van der Waals surface area contributed by atoms with E-state index in [-0.39, 0.29) is 5.91 Å². The number of aromatic nitrogens is 2. The number of hydrogen-bond acceptors (Lipinski definition) is 3. The van der Waals surface area contributed by atoms with E-state index in [1.807, 2.05) is 39.1 Å². The fourth-order valence-corrected chi connectivity index (χ4v) is 3.54. The molecule has 0 spiro atoms. The van der Waals surface area contributed by atoms with Gasteiger partial charge in [0.25, 0.3) is 0 Å². The van der Waals surface area contributed by atoms with E-state index in [9.17, 15) is 4.79 Å². The topological polar surface area (TPSA) is 50.2 Å². The number of aryl methyl sites for hydroxylation is 2. The maximum absolute atomic E-state index is 12.3. The lowest BCUT2D eigenvalue weighted by atomic mass is 10.1. The molecule has 1 fully saturated rings. The number of halogens is 1. The normalized spacial score (nSPS) is 14.2. The van der Waals surface area contributed by atoms with Gasteiger partial charge in [-0.2, -0.15) is 5.10 Å². The first-order chi connectivity index (χ1) is 11.5. The molecule has 1 aromatic carbocycles. The van der Waals surface area contributed by atoms with Crippen LogP contribution in [0.3, 0.4) is 0 Å². The smallest absolute Gasteiger partial charge is 0.228 e. The highest BCUT2D eigenvalue weighted by atomic mass is 35.5. The average Bonchev–Trinajstić information content (AvgIpc) is 3.12. The molecule has 0 saturated carbocycles. The minimum atomic E-state index is -0.0563. The zero-order chi connectivity index (χ0) is 17.3. The van der Waals surface area contributed by atoms with Crippen molar-refractivity contribution in [2.45, 2.75) is 33.1 Å². The third kappa shape index (κ3) is 3.41. The Kier molecular flexibility index (Phi) is 4.81. The summed E-state index contributed by atoms with van der Waals surface area (Å²) in [6.07, 6.45) is 2.73. The van der Waals surface area contributed by atoms with Crippen LogP contribution in [-0.2, 0) is 18.3 Å². The molecule has 0 bridgehead atoms. The van der Waals surface area contributed by atoms with Crippen LogP contribution < -0.4 is 10.2 Å². The lowest BCUT2D eigenvalue weighted by Gasteiger charge is -2.19. The van der Waals surface area contributed by atoms with Crippen molar-refractivity contribution in [2.24, 2.45) is 7.05 Å². The van der Waals surface area contributed by atoms with E-state index in [4.69, 9.17) is 11.6 Å². The van der Waals surface area contributed by atoms with Gasteiger partial charge in [0.15, 0.2) is 0 Å². The molecule has 1 N–H and O–H groups in total. The summed E-state index contributed by atoms with van der Waals surface area (Å²) in [6, 6.07) is 5.74. The quantitative estimate of drug-likeness (QED) is 0.922. The van der Waals surface area contributed by atoms with E-state index in [1.165, 1.54) is 12.8 Å². The molecule has 1 amide bonds. The third-order valence-corrected chi connectivity index (χ3v) is 4.98. The number of benzene rings is 1. The molecule has 24 heavy (non-hydrogen) atoms. The summed E-state index contributed by atoms with van der Waals surface area (Å²) in [5.74, 6) is -0.0563. The summed E-state index contributed by atoms with van der Waals surface area (Å²) in [5, 5.41) is 7.97. The highest BCUT2D eigenvalue weighted by Crippen LogP contribution is 2.31. The van der Waals surface area contributed by atoms with Crippen LogP contribution in [0, 0.1) is 13.8 Å². The number of anilines is 2. The fraction of sp³-hybridized carbons (Fsp3) is 0.444. The molecule has 1 aliphatic rings. The molecule has 0 radical (unpaired) electrons. The first-order valence-corrected chi connectivity index (χ1v) is 8.67. The summed E-state index contributed by atoms with van der Waals surface area (Å²) < 4.78 is 1.81. The Hall–Kier alpha value is -2.01. The summed E-state index contributed by atoms with van der Waals surface area (Å²) in [4.78, 5) is 14.6. The van der Waals surface area contributed by atoms with Crippen LogP contribution in [0.15, 0.2) is 18.2 Å². The first kappa shape index (κ1) is 16.8. The Morgan fingerprint density at radius 1 is 1.29 bits per heavy atom. The van der Waals surface area contributed by atoms with Gasteiger partial charge in [-0.15, -0.1) is 0 Å². The number of nitrogens with zero attached hydrogens (tertiary/aromatic N) is 3. The van der Waals surface area contributed by atoms with E-state index in [0.29, 0.717) is 11.4 Å². The van der Waals surface area contributed by atoms with Crippen LogP contribution in [0.25, 0.3) is 0 Å². The zero-order valence-electron chi connectivity index (χ0n) is 14.4. The number of amides is 1. The third-order valence-electron chi connectivity index (χ3n) is 4.67. The van der Waals surface area contributed by atoms with Gasteiger partial charge in [-0.25, -0.2) is 0 Å². The summed E-state index contributed by atoms with van der Waals surface area (Å²) in [7, 11) is 1.89. The zero-order valence-corrected chi connectivity index (χ0v) is 15.2. The Bertz CT molecular complexity index is 763. The second kappa shape index (κ2) is 6.85. The molecule has 128 valence electrons. The first-order valence-electron chi connectivity index (χ1n) is 8.29. The van der Waals surface area contributed by atoms with E-state index < -0.39 is 0 Å². The van der Waals surface area contributed by atoms with Crippen molar-refractivity contribution in [1.82, 2.24) is 9.78 Å². The van der Waals surface area contributed by atoms with Gasteiger partial charge >= 0.3 is 0 Å². The second-order valence-corrected chi connectivity index (χ2v) is 6.77. The predicted octanol–water partition coefficient (Wildman–Crippen LogP) is 3.47. The maximum atomic E-state index is 12.3. The number of rotatable bonds is 4. The molecular formula is C18H23ClN4O. The van der Waals surface area contributed by atoms with Crippen molar-refractivity contribution < 1.29 is 4.79 Å². The molecule has 0 unspecified atom stereocenters. The Balaban J connectivity index is 1.69. The largest absolute Gasteiger partial charge is 0.370 e. The lowest BCUT2D eigenvalue weighted by Crippen LogP contribution is -2.18. The molecule has 0 atom stereocenters. The summed E-state index contributed by atoms with van der Waals surface area (Å²) in [5.41, 5.74) is 4.67. The molecular weight excluding hydrogens is 324 g/mol. The van der Waals surface area contributed by atoms with Gasteiger partial charge in [0.1, 0.15) is 0 Å². The number of hydrogen-bond donors (Lipinski definition) is 1. The van der Waals surface area contributed by atoms with Gasteiger partial charge in [0.2, 0.25) is 5.91 Å². The van der Waals surface area contributed by atoms with E-state index in [1.54, 1.807) is 4.68 Å². The Labute approximate surface area is 147 Å². The fourth-order valence-electron chi connectivity index (χ4n) is 3.24. The van der Waals surface area contributed by atoms with Crippen molar-refractivity contribution >= 4 is 28.9 Å². The molecule has 1 saturated heterocycles. The standard InChI is InChI=1S/C18H23ClN4O/c1-12-15(13(2)22(3)21-12)11-18(24)20-14-6-7-17(16(19)10-14)23-8-4-5-9-23/h6-7,10H,4-5,8-9,11H2,1-3H3,(H,20,24). The van der Waals surface area contributed by atoms with Crippen molar-refractivity contribution in [2.75, 3.05) is 23.3 Å². The molecule has 2 aromatic rings. The van der Waals surface area contributed by atoms with Crippen LogP contribution in [0.1, 0.15) is 29.8 Å². The van der Waals surface area contributed by atoms with Gasteiger partial charge in [0, 0.05) is 37.1 Å². The number of nitrogens with one attached hydrogen (secondary N) is 1. The van der Waals surface area contributed by atoms with E-state index >= 15 is 0 Å². The van der Waals surface area contributed by atoms with Crippen molar-refractivity contribution in [3.05, 3.63) is 40.2 Å². The number of carbonyl (C=O) groups is 1. The average molecular weight is 347 g/mol. The molecule has 0 aliphatic carbocycles. The molecule has 1 aromatic heterocycles. The molecule has 1 aliphatic heterocycles. The van der Waals surface area contributed by atoms with Gasteiger partial charge < -0.3 is 10.2 Å². The molecule has 3 rings (SSSR count). The monoisotopic (exact) mass is 346 g/mol. The highest BCUT2D eigenvalue weighted by molar-refractivity contribution is 6.33. The highest BCUT2D eigenvalue weighted by Gasteiger charge is 2.17. The van der Waals surface area contributed by atoms with Gasteiger partial charge in [0.05, 0.1) is 22.8 Å². The van der Waals surface area contributed by atoms with Crippen molar-refractivity contribution in [3.8, 4) is 0 Å². The SMILES string of the molecule is Cc1nn(C)c(C)c1CC(=O)Nc1ccc(N2CCCC2)c(Cl)c1. The van der Waals surface area contributed by atoms with Crippen molar-refractivity contribution in [1.29, 1.82) is 0 Å². The molecule has 2 heterocycles. The summed E-state index contributed by atoms with van der Waals surface area (Å²) in [6.45, 7) is 6.00. The minimum absolute atomic E-state index is 0.0563. The predicted molar refractivity (Wildman–Crippen MR) is 97.9 cm³/mol. The van der Waals surface area contributed by atoms with Gasteiger partial charge in [-0.1, -0.05) is 11.6 Å². The minimum Gasteiger partial charge on any atom is -0.370 e. The summed E-state index contributed by atoms with van der Waals surface area (Å²) >= 11 is 6.40. The molecule has 5 nitrogen and oxygen atoms in total. The number of carbonyl (C=O) groups excluding carboxylic acids is 1. The Morgan fingerprint density at radius 2 is 2.00 bits per heavy atom. The van der Waals surface area contributed by atoms with E-state index in [0.717, 1.165) is 41.4 Å². The van der Waals surface area contributed by atoms with E-state index in [2.05, 4.69) is 15.3 Å².